The van der Waals surface area contributed by atoms with E-state index in [0.717, 1.165) is 23.4 Å². The molecule has 1 aromatic carbocycles. The number of benzene rings is 1. The standard InChI is InChI=1S/C21H18F6N4O/c1-3-12-9-13(4-2)28-11-16(12)19(32)29-14-5-7-15(8-6-14)31-18(21(25,26)27)10-17(30-31)20(22,23)24/h5-11H,3-4H2,1-2H3,(H,29,32). The monoisotopic (exact) mass is 456 g/mol. The average Bonchev–Trinajstić information content (AvgIpc) is 3.20. The fraction of sp³-hybridized carbons (Fsp3) is 0.286. The van der Waals surface area contributed by atoms with Crippen LogP contribution in [0.5, 0.6) is 0 Å². The van der Waals surface area contributed by atoms with Gasteiger partial charge in [-0.15, -0.1) is 0 Å². The number of hydrogen-bond acceptors (Lipinski definition) is 3. The number of aromatic nitrogens is 3. The Labute approximate surface area is 179 Å². The summed E-state index contributed by atoms with van der Waals surface area (Å²) in [5, 5.41) is 5.68. The first-order chi connectivity index (χ1) is 14.9. The van der Waals surface area contributed by atoms with Crippen molar-refractivity contribution in [1.82, 2.24) is 14.8 Å². The molecule has 0 saturated heterocycles. The van der Waals surface area contributed by atoms with Gasteiger partial charge in [-0.3, -0.25) is 9.78 Å². The van der Waals surface area contributed by atoms with Gasteiger partial charge in [0.05, 0.1) is 11.3 Å². The predicted octanol–water partition coefficient (Wildman–Crippen LogP) is 5.68. The van der Waals surface area contributed by atoms with E-state index in [2.05, 4.69) is 15.4 Å². The SMILES string of the molecule is CCc1cc(CC)c(C(=O)Nc2ccc(-n3nc(C(F)(F)F)cc3C(F)(F)F)cc2)cn1. The zero-order chi connectivity index (χ0) is 23.7. The van der Waals surface area contributed by atoms with Gasteiger partial charge < -0.3 is 5.32 Å². The van der Waals surface area contributed by atoms with E-state index < -0.39 is 29.6 Å². The minimum absolute atomic E-state index is 0.0467. The molecule has 2 aromatic heterocycles. The zero-order valence-corrected chi connectivity index (χ0v) is 17.0. The number of nitrogens with zero attached hydrogens (tertiary/aromatic N) is 3. The highest BCUT2D eigenvalue weighted by Gasteiger charge is 2.42. The first-order valence-corrected chi connectivity index (χ1v) is 9.58. The van der Waals surface area contributed by atoms with Gasteiger partial charge in [-0.1, -0.05) is 13.8 Å². The van der Waals surface area contributed by atoms with Crippen LogP contribution in [-0.4, -0.2) is 20.7 Å². The van der Waals surface area contributed by atoms with Gasteiger partial charge in [0.2, 0.25) is 0 Å². The van der Waals surface area contributed by atoms with Gasteiger partial charge in [0.15, 0.2) is 5.69 Å². The van der Waals surface area contributed by atoms with E-state index in [1.54, 1.807) is 0 Å². The third-order valence-electron chi connectivity index (χ3n) is 4.69. The first kappa shape index (κ1) is 23.3. The quantitative estimate of drug-likeness (QED) is 0.503. The van der Waals surface area contributed by atoms with Crippen molar-refractivity contribution in [3.63, 3.8) is 0 Å². The zero-order valence-electron chi connectivity index (χ0n) is 17.0. The van der Waals surface area contributed by atoms with Gasteiger partial charge >= 0.3 is 12.4 Å². The number of aryl methyl sites for hydroxylation is 2. The summed E-state index contributed by atoms with van der Waals surface area (Å²) in [5.41, 5.74) is -1.23. The topological polar surface area (TPSA) is 59.8 Å². The molecule has 0 bridgehead atoms. The van der Waals surface area contributed by atoms with Crippen LogP contribution < -0.4 is 5.32 Å². The molecule has 11 heteroatoms. The molecule has 3 aromatic rings. The summed E-state index contributed by atoms with van der Waals surface area (Å²) in [6, 6.07) is 6.61. The summed E-state index contributed by atoms with van der Waals surface area (Å²) in [7, 11) is 0. The van der Waals surface area contributed by atoms with Gasteiger partial charge in [0.1, 0.15) is 5.69 Å². The molecule has 2 heterocycles. The minimum atomic E-state index is -5.04. The fourth-order valence-corrected chi connectivity index (χ4v) is 3.04. The molecule has 0 unspecified atom stereocenters. The molecule has 3 rings (SSSR count). The van der Waals surface area contributed by atoms with Crippen molar-refractivity contribution in [2.75, 3.05) is 5.32 Å². The highest BCUT2D eigenvalue weighted by atomic mass is 19.4. The summed E-state index contributed by atoms with van der Waals surface area (Å²) in [4.78, 5) is 16.8. The molecule has 0 aliphatic rings. The van der Waals surface area contributed by atoms with E-state index in [1.165, 1.54) is 18.3 Å². The Kier molecular flexibility index (Phi) is 6.29. The average molecular weight is 456 g/mol. The van der Waals surface area contributed by atoms with Gasteiger partial charge in [-0.2, -0.15) is 31.4 Å². The van der Waals surface area contributed by atoms with E-state index in [4.69, 9.17) is 0 Å². The molecule has 1 amide bonds. The van der Waals surface area contributed by atoms with Crippen molar-refractivity contribution >= 4 is 11.6 Å². The van der Waals surface area contributed by atoms with Gasteiger partial charge in [0, 0.05) is 23.6 Å². The molecule has 170 valence electrons. The van der Waals surface area contributed by atoms with Crippen molar-refractivity contribution in [1.29, 1.82) is 0 Å². The Balaban J connectivity index is 1.88. The molecule has 1 N–H and O–H groups in total. The number of pyridine rings is 1. The van der Waals surface area contributed by atoms with E-state index in [1.807, 2.05) is 19.9 Å². The maximum atomic E-state index is 13.2. The molecule has 0 saturated carbocycles. The summed E-state index contributed by atoms with van der Waals surface area (Å²) < 4.78 is 78.4. The van der Waals surface area contributed by atoms with E-state index in [0.29, 0.717) is 18.4 Å². The van der Waals surface area contributed by atoms with E-state index in [-0.39, 0.29) is 22.1 Å². The molecule has 5 nitrogen and oxygen atoms in total. The van der Waals surface area contributed by atoms with Crippen molar-refractivity contribution in [2.45, 2.75) is 39.0 Å². The summed E-state index contributed by atoms with van der Waals surface area (Å²) in [6.45, 7) is 3.82. The molecule has 0 fully saturated rings. The van der Waals surface area contributed by atoms with Crippen molar-refractivity contribution < 1.29 is 31.1 Å². The lowest BCUT2D eigenvalue weighted by atomic mass is 10.1. The maximum absolute atomic E-state index is 13.2. The number of alkyl halides is 6. The molecule has 0 aliphatic carbocycles. The van der Waals surface area contributed by atoms with Crippen LogP contribution in [0.4, 0.5) is 32.0 Å². The second kappa shape index (κ2) is 8.64. The Morgan fingerprint density at radius 1 is 0.969 bits per heavy atom. The number of rotatable bonds is 5. The van der Waals surface area contributed by atoms with E-state index in [9.17, 15) is 31.1 Å². The normalized spacial score (nSPS) is 12.1. The number of nitrogens with one attached hydrogen (secondary N) is 1. The lowest BCUT2D eigenvalue weighted by Gasteiger charge is -2.12. The molecular weight excluding hydrogens is 438 g/mol. The smallest absolute Gasteiger partial charge is 0.322 e. The van der Waals surface area contributed by atoms with Crippen LogP contribution in [0.2, 0.25) is 0 Å². The lowest BCUT2D eigenvalue weighted by molar-refractivity contribution is -0.143. The van der Waals surface area contributed by atoms with Crippen molar-refractivity contribution in [3.8, 4) is 5.69 Å². The Hall–Kier alpha value is -3.37. The largest absolute Gasteiger partial charge is 0.435 e. The summed E-state index contributed by atoms with van der Waals surface area (Å²) >= 11 is 0. The highest BCUT2D eigenvalue weighted by Crippen LogP contribution is 2.36. The Bertz CT molecular complexity index is 1120. The minimum Gasteiger partial charge on any atom is -0.322 e. The number of carbonyl (C=O) groups is 1. The molecule has 0 atom stereocenters. The van der Waals surface area contributed by atoms with Crippen LogP contribution in [0.15, 0.2) is 42.6 Å². The second-order valence-corrected chi connectivity index (χ2v) is 6.86. The van der Waals surface area contributed by atoms with Gasteiger partial charge in [-0.25, -0.2) is 4.68 Å². The molecular formula is C21H18F6N4O. The van der Waals surface area contributed by atoms with E-state index >= 15 is 0 Å². The third-order valence-corrected chi connectivity index (χ3v) is 4.69. The summed E-state index contributed by atoms with van der Waals surface area (Å²) in [5.74, 6) is -0.459. The number of carbonyl (C=O) groups excluding carboxylic acids is 1. The molecule has 0 radical (unpaired) electrons. The van der Waals surface area contributed by atoms with Crippen LogP contribution in [-0.2, 0) is 25.2 Å². The summed E-state index contributed by atoms with van der Waals surface area (Å²) in [6.07, 6.45) is -7.31. The Morgan fingerprint density at radius 2 is 1.62 bits per heavy atom. The fourth-order valence-electron chi connectivity index (χ4n) is 3.04. The maximum Gasteiger partial charge on any atom is 0.435 e. The lowest BCUT2D eigenvalue weighted by Crippen LogP contribution is -2.16. The number of anilines is 1. The van der Waals surface area contributed by atoms with Crippen LogP contribution in [0.1, 0.15) is 46.9 Å². The van der Waals surface area contributed by atoms with Gasteiger partial charge in [-0.05, 0) is 48.7 Å². The predicted molar refractivity (Wildman–Crippen MR) is 105 cm³/mol. The Morgan fingerprint density at radius 3 is 2.16 bits per heavy atom. The first-order valence-electron chi connectivity index (χ1n) is 9.58. The molecule has 0 aliphatic heterocycles. The molecule has 32 heavy (non-hydrogen) atoms. The number of amides is 1. The molecule has 0 spiro atoms. The van der Waals surface area contributed by atoms with Crippen molar-refractivity contribution in [2.24, 2.45) is 0 Å². The van der Waals surface area contributed by atoms with Crippen molar-refractivity contribution in [3.05, 3.63) is 70.8 Å². The van der Waals surface area contributed by atoms with Crippen LogP contribution in [0, 0.1) is 0 Å². The van der Waals surface area contributed by atoms with Crippen LogP contribution in [0.25, 0.3) is 5.69 Å². The number of halogens is 6. The van der Waals surface area contributed by atoms with Crippen LogP contribution in [0.3, 0.4) is 0 Å². The second-order valence-electron chi connectivity index (χ2n) is 6.86. The van der Waals surface area contributed by atoms with Crippen LogP contribution >= 0.6 is 0 Å². The third kappa shape index (κ3) is 4.92. The van der Waals surface area contributed by atoms with Gasteiger partial charge in [0.25, 0.3) is 5.91 Å². The number of hydrogen-bond donors (Lipinski definition) is 1. The highest BCUT2D eigenvalue weighted by molar-refractivity contribution is 6.05.